The zero-order valence-corrected chi connectivity index (χ0v) is 14.3. The Morgan fingerprint density at radius 2 is 2.00 bits per heavy atom. The van der Waals surface area contributed by atoms with E-state index in [-0.39, 0.29) is 5.78 Å². The molecule has 0 saturated carbocycles. The van der Waals surface area contributed by atoms with E-state index in [2.05, 4.69) is 40.2 Å². The van der Waals surface area contributed by atoms with Gasteiger partial charge in [0.1, 0.15) is 0 Å². The number of anilines is 1. The van der Waals surface area contributed by atoms with Gasteiger partial charge in [-0.05, 0) is 68.4 Å². The number of nitrogens with one attached hydrogen (secondary N) is 1. The summed E-state index contributed by atoms with van der Waals surface area (Å²) < 4.78 is 2.16. The molecule has 0 aliphatic carbocycles. The highest BCUT2D eigenvalue weighted by Crippen LogP contribution is 2.32. The van der Waals surface area contributed by atoms with Gasteiger partial charge in [-0.15, -0.1) is 0 Å². The lowest BCUT2D eigenvalue weighted by molar-refractivity contribution is 0.101. The molecule has 0 amide bonds. The lowest BCUT2D eigenvalue weighted by Crippen LogP contribution is -2.34. The number of ketones is 1. The van der Waals surface area contributed by atoms with Gasteiger partial charge in [0.2, 0.25) is 0 Å². The molecule has 3 rings (SSSR count). The topological polar surface area (TPSA) is 37.3 Å². The first-order valence-corrected chi connectivity index (χ1v) is 8.27. The maximum Gasteiger partial charge on any atom is 0.173 e. The van der Waals surface area contributed by atoms with Crippen molar-refractivity contribution in [1.29, 1.82) is 0 Å². The Morgan fingerprint density at radius 1 is 1.26 bits per heavy atom. The zero-order valence-electron chi connectivity index (χ0n) is 13.5. The summed E-state index contributed by atoms with van der Waals surface area (Å²) in [5.74, 6) is 0.0717. The van der Waals surface area contributed by atoms with Crippen LogP contribution in [0.3, 0.4) is 0 Å². The van der Waals surface area contributed by atoms with Crippen molar-refractivity contribution in [3.63, 3.8) is 0 Å². The molecule has 2 aromatic rings. The summed E-state index contributed by atoms with van der Waals surface area (Å²) in [7, 11) is 2.07. The lowest BCUT2D eigenvalue weighted by Gasteiger charge is -2.28. The molecule has 0 spiro atoms. The first kappa shape index (κ1) is 15.7. The third-order valence-corrected chi connectivity index (χ3v) is 4.72. The number of carbonyl (C=O) groups excluding carboxylic acids is 1. The number of Topliss-reactive ketones (excluding diaryl/α,β-unsaturated/α-hetero) is 1. The summed E-state index contributed by atoms with van der Waals surface area (Å²) in [6.07, 6.45) is 4.33. The van der Waals surface area contributed by atoms with E-state index in [4.69, 9.17) is 12.2 Å². The van der Waals surface area contributed by atoms with Crippen LogP contribution < -0.4 is 5.32 Å². The van der Waals surface area contributed by atoms with Crippen LogP contribution in [0.1, 0.15) is 41.9 Å². The maximum absolute atomic E-state index is 11.3. The van der Waals surface area contributed by atoms with Gasteiger partial charge in [0.15, 0.2) is 10.9 Å². The molecule has 5 heteroatoms. The van der Waals surface area contributed by atoms with Crippen molar-refractivity contribution < 1.29 is 4.79 Å². The molecule has 1 fully saturated rings. The fourth-order valence-corrected chi connectivity index (χ4v) is 3.46. The minimum atomic E-state index is 0.0717. The van der Waals surface area contributed by atoms with Crippen molar-refractivity contribution in [1.82, 2.24) is 9.47 Å². The number of nitrogens with zero attached hydrogens (tertiary/aromatic N) is 2. The summed E-state index contributed by atoms with van der Waals surface area (Å²) in [6, 6.07) is 12.0. The minimum Gasteiger partial charge on any atom is -0.353 e. The molecule has 1 aliphatic rings. The summed E-state index contributed by atoms with van der Waals surface area (Å²) in [5.41, 5.74) is 2.92. The van der Waals surface area contributed by atoms with Gasteiger partial charge in [0.05, 0.1) is 6.04 Å². The van der Waals surface area contributed by atoms with Gasteiger partial charge >= 0.3 is 0 Å². The van der Waals surface area contributed by atoms with Crippen LogP contribution in [0.25, 0.3) is 0 Å². The van der Waals surface area contributed by atoms with Crippen molar-refractivity contribution in [3.05, 3.63) is 53.9 Å². The molecule has 0 radical (unpaired) electrons. The normalized spacial score (nSPS) is 17.3. The SMILES string of the molecule is CC(=O)c1ccc(NC(=S)N2CCCC2c2cccn2C)cc1. The average molecular weight is 327 g/mol. The first-order chi connectivity index (χ1) is 11.1. The molecule has 0 bridgehead atoms. The zero-order chi connectivity index (χ0) is 16.4. The second-order valence-electron chi connectivity index (χ2n) is 5.96. The van der Waals surface area contributed by atoms with E-state index >= 15 is 0 Å². The molecule has 1 aliphatic heterocycles. The number of aryl methyl sites for hydroxylation is 1. The molecular weight excluding hydrogens is 306 g/mol. The van der Waals surface area contributed by atoms with Gasteiger partial charge in [0, 0.05) is 36.7 Å². The molecule has 23 heavy (non-hydrogen) atoms. The monoisotopic (exact) mass is 327 g/mol. The Kier molecular flexibility index (Phi) is 4.48. The highest BCUT2D eigenvalue weighted by Gasteiger charge is 2.29. The van der Waals surface area contributed by atoms with Crippen LogP contribution in [0.2, 0.25) is 0 Å². The number of carbonyl (C=O) groups is 1. The van der Waals surface area contributed by atoms with Crippen molar-refractivity contribution >= 4 is 28.8 Å². The maximum atomic E-state index is 11.3. The third-order valence-electron chi connectivity index (χ3n) is 4.38. The fourth-order valence-electron chi connectivity index (χ4n) is 3.12. The second kappa shape index (κ2) is 6.54. The summed E-state index contributed by atoms with van der Waals surface area (Å²) in [5, 5.41) is 4.04. The number of thiocarbonyl (C=S) groups is 1. The first-order valence-electron chi connectivity index (χ1n) is 7.86. The highest BCUT2D eigenvalue weighted by atomic mass is 32.1. The summed E-state index contributed by atoms with van der Waals surface area (Å²) in [6.45, 7) is 2.54. The van der Waals surface area contributed by atoms with Crippen LogP contribution in [0.15, 0.2) is 42.6 Å². The van der Waals surface area contributed by atoms with E-state index in [1.54, 1.807) is 6.92 Å². The van der Waals surface area contributed by atoms with Crippen LogP contribution >= 0.6 is 12.2 Å². The largest absolute Gasteiger partial charge is 0.353 e. The van der Waals surface area contributed by atoms with Crippen LogP contribution in [-0.4, -0.2) is 26.9 Å². The smallest absolute Gasteiger partial charge is 0.173 e. The summed E-state index contributed by atoms with van der Waals surface area (Å²) >= 11 is 5.61. The standard InChI is InChI=1S/C18H21N3OS/c1-13(22)14-7-9-15(10-8-14)19-18(23)21-12-4-6-17(21)16-5-3-11-20(16)2/h3,5,7-11,17H,4,6,12H2,1-2H3,(H,19,23). The summed E-state index contributed by atoms with van der Waals surface area (Å²) in [4.78, 5) is 13.6. The second-order valence-corrected chi connectivity index (χ2v) is 6.35. The molecule has 4 nitrogen and oxygen atoms in total. The van der Waals surface area contributed by atoms with Gasteiger partial charge in [-0.3, -0.25) is 4.79 Å². The molecule has 1 N–H and O–H groups in total. The molecule has 120 valence electrons. The number of rotatable bonds is 3. The number of aromatic nitrogens is 1. The quantitative estimate of drug-likeness (QED) is 0.688. The average Bonchev–Trinajstić information content (AvgIpc) is 3.15. The number of hydrogen-bond acceptors (Lipinski definition) is 2. The Morgan fingerprint density at radius 3 is 2.61 bits per heavy atom. The number of hydrogen-bond donors (Lipinski definition) is 1. The van der Waals surface area contributed by atoms with Gasteiger partial charge < -0.3 is 14.8 Å². The van der Waals surface area contributed by atoms with Crippen molar-refractivity contribution in [3.8, 4) is 0 Å². The predicted octanol–water partition coefficient (Wildman–Crippen LogP) is 3.76. The van der Waals surface area contributed by atoms with Gasteiger partial charge in [-0.2, -0.15) is 0 Å². The fraction of sp³-hybridized carbons (Fsp3) is 0.333. The molecule has 2 heterocycles. The highest BCUT2D eigenvalue weighted by molar-refractivity contribution is 7.80. The molecule has 1 saturated heterocycles. The van der Waals surface area contributed by atoms with Gasteiger partial charge in [0.25, 0.3) is 0 Å². The van der Waals surface area contributed by atoms with Crippen LogP contribution in [0, 0.1) is 0 Å². The molecule has 1 aromatic heterocycles. The number of benzene rings is 1. The predicted molar refractivity (Wildman–Crippen MR) is 96.8 cm³/mol. The van der Waals surface area contributed by atoms with Crippen LogP contribution in [-0.2, 0) is 7.05 Å². The van der Waals surface area contributed by atoms with Crippen LogP contribution in [0.4, 0.5) is 5.69 Å². The Hall–Kier alpha value is -2.14. The molecule has 1 atom stereocenters. The Balaban J connectivity index is 1.72. The van der Waals surface area contributed by atoms with Crippen LogP contribution in [0.5, 0.6) is 0 Å². The number of likely N-dealkylation sites (tertiary alicyclic amines) is 1. The van der Waals surface area contributed by atoms with E-state index in [0.29, 0.717) is 11.6 Å². The molecular formula is C18H21N3OS. The van der Waals surface area contributed by atoms with Gasteiger partial charge in [-0.1, -0.05) is 0 Å². The molecule has 1 aromatic carbocycles. The minimum absolute atomic E-state index is 0.0717. The third kappa shape index (κ3) is 3.29. The lowest BCUT2D eigenvalue weighted by atomic mass is 10.1. The van der Waals surface area contributed by atoms with E-state index in [9.17, 15) is 4.79 Å². The van der Waals surface area contributed by atoms with E-state index in [1.165, 1.54) is 5.69 Å². The Labute approximate surface area is 142 Å². The van der Waals surface area contributed by atoms with E-state index in [0.717, 1.165) is 30.2 Å². The van der Waals surface area contributed by atoms with Gasteiger partial charge in [-0.25, -0.2) is 0 Å². The van der Waals surface area contributed by atoms with Crippen molar-refractivity contribution in [2.75, 3.05) is 11.9 Å². The van der Waals surface area contributed by atoms with Crippen molar-refractivity contribution in [2.24, 2.45) is 7.05 Å². The molecule has 1 unspecified atom stereocenters. The van der Waals surface area contributed by atoms with Crippen molar-refractivity contribution in [2.45, 2.75) is 25.8 Å². The van der Waals surface area contributed by atoms with E-state index < -0.39 is 0 Å². The van der Waals surface area contributed by atoms with E-state index in [1.807, 2.05) is 24.3 Å². The Bertz CT molecular complexity index is 720.